The van der Waals surface area contributed by atoms with Crippen LogP contribution < -0.4 is 10.3 Å². The fourth-order valence-electron chi connectivity index (χ4n) is 1.72. The van der Waals surface area contributed by atoms with Crippen molar-refractivity contribution in [2.75, 3.05) is 6.07 Å². The number of benzene rings is 1. The van der Waals surface area contributed by atoms with E-state index >= 15 is 0 Å². The number of aromatic amines is 2. The number of rotatable bonds is 4. The van der Waals surface area contributed by atoms with Crippen molar-refractivity contribution >= 4 is 36.0 Å². The van der Waals surface area contributed by atoms with Gasteiger partial charge in [0, 0.05) is 5.56 Å². The van der Waals surface area contributed by atoms with Crippen LogP contribution in [0.25, 0.3) is 12.2 Å². The van der Waals surface area contributed by atoms with E-state index in [0.29, 0.717) is 11.4 Å². The average Bonchev–Trinajstić information content (AvgIpc) is 2.46. The number of aromatic nitrogens is 2. The zero-order valence-electron chi connectivity index (χ0n) is 10.7. The first-order chi connectivity index (χ1) is 10.2. The van der Waals surface area contributed by atoms with Crippen LogP contribution in [0.1, 0.15) is 16.8 Å². The minimum Gasteiger partial charge on any atom is -0.477 e. The van der Waals surface area contributed by atoms with Gasteiger partial charge in [0.1, 0.15) is 17.4 Å². The van der Waals surface area contributed by atoms with E-state index in [0.717, 1.165) is 5.56 Å². The lowest BCUT2D eigenvalue weighted by molar-refractivity contribution is 0.387. The van der Waals surface area contributed by atoms with E-state index in [-0.39, 0.29) is 16.4 Å². The van der Waals surface area contributed by atoms with Crippen molar-refractivity contribution in [3.05, 3.63) is 56.2 Å². The molecule has 0 atom stereocenters. The summed E-state index contributed by atoms with van der Waals surface area (Å²) in [6, 6.07) is 9.13. The van der Waals surface area contributed by atoms with Crippen LogP contribution in [0.15, 0.2) is 29.1 Å². The van der Waals surface area contributed by atoms with Gasteiger partial charge in [0.25, 0.3) is 5.56 Å². The average molecular weight is 320 g/mol. The largest absolute Gasteiger partial charge is 0.477 e. The smallest absolute Gasteiger partial charge is 0.270 e. The van der Waals surface area contributed by atoms with Crippen molar-refractivity contribution in [2.45, 2.75) is 0 Å². The van der Waals surface area contributed by atoms with E-state index in [1.54, 1.807) is 18.2 Å². The monoisotopic (exact) mass is 319 g/mol. The number of H-pyrrole nitrogens is 2. The molecule has 0 aliphatic carbocycles. The van der Waals surface area contributed by atoms with Gasteiger partial charge in [-0.1, -0.05) is 29.8 Å². The molecule has 0 spiro atoms. The molecule has 7 heteroatoms. The number of nitrogens with one attached hydrogen (secondary N) is 2. The van der Waals surface area contributed by atoms with Crippen LogP contribution >= 0.6 is 23.8 Å². The molecule has 0 bridgehead atoms. The highest BCUT2D eigenvalue weighted by Gasteiger charge is 2.05. The highest BCUT2D eigenvalue weighted by molar-refractivity contribution is 7.71. The molecule has 5 nitrogen and oxygen atoms in total. The number of para-hydroxylation sites is 1. The molecular formula is C14H10ClN3O2S. The van der Waals surface area contributed by atoms with Gasteiger partial charge in [-0.3, -0.25) is 9.78 Å². The molecule has 0 aliphatic rings. The summed E-state index contributed by atoms with van der Waals surface area (Å²) in [5.74, 6) is 0.602. The molecule has 2 rings (SSSR count). The lowest BCUT2D eigenvalue weighted by atomic mass is 10.1. The standard InChI is InChI=1S/C14H10ClN3O2S/c15-8-20-12-4-2-1-3-9(12)5-6-11-10(7-16)13(19)18-14(21)17-11/h1-6H,8H2,(H2,17,18,19,21)/b6-5+. The lowest BCUT2D eigenvalue weighted by Crippen LogP contribution is -2.13. The van der Waals surface area contributed by atoms with Gasteiger partial charge in [0.05, 0.1) is 5.69 Å². The molecule has 21 heavy (non-hydrogen) atoms. The van der Waals surface area contributed by atoms with Crippen molar-refractivity contribution in [1.29, 1.82) is 5.26 Å². The Kier molecular flexibility index (Phi) is 4.93. The van der Waals surface area contributed by atoms with Gasteiger partial charge in [-0.2, -0.15) is 5.26 Å². The second kappa shape index (κ2) is 6.88. The van der Waals surface area contributed by atoms with Crippen LogP contribution in [0.3, 0.4) is 0 Å². The van der Waals surface area contributed by atoms with Crippen LogP contribution in [-0.4, -0.2) is 16.0 Å². The maximum absolute atomic E-state index is 11.6. The summed E-state index contributed by atoms with van der Waals surface area (Å²) in [6.45, 7) is 0. The van der Waals surface area contributed by atoms with Gasteiger partial charge in [0.2, 0.25) is 0 Å². The Bertz CT molecular complexity index is 833. The maximum atomic E-state index is 11.6. The molecule has 0 fully saturated rings. The number of nitrogens with zero attached hydrogens (tertiary/aromatic N) is 1. The van der Waals surface area contributed by atoms with Crippen LogP contribution in [0.2, 0.25) is 0 Å². The first-order valence-electron chi connectivity index (χ1n) is 5.88. The predicted molar refractivity (Wildman–Crippen MR) is 83.7 cm³/mol. The summed E-state index contributed by atoms with van der Waals surface area (Å²) < 4.78 is 5.44. The highest BCUT2D eigenvalue weighted by Crippen LogP contribution is 2.20. The van der Waals surface area contributed by atoms with Crippen molar-refractivity contribution < 1.29 is 4.74 Å². The van der Waals surface area contributed by atoms with Crippen molar-refractivity contribution in [1.82, 2.24) is 9.97 Å². The summed E-state index contributed by atoms with van der Waals surface area (Å²) in [6.07, 6.45) is 3.31. The summed E-state index contributed by atoms with van der Waals surface area (Å²) in [7, 11) is 0. The Morgan fingerprint density at radius 2 is 2.10 bits per heavy atom. The number of alkyl halides is 1. The minimum absolute atomic E-state index is 0.0295. The molecule has 0 radical (unpaired) electrons. The molecule has 2 N–H and O–H groups in total. The molecule has 0 saturated heterocycles. The molecule has 1 heterocycles. The molecular weight excluding hydrogens is 310 g/mol. The second-order valence-electron chi connectivity index (χ2n) is 3.93. The van der Waals surface area contributed by atoms with Crippen molar-refractivity contribution in [3.63, 3.8) is 0 Å². The third kappa shape index (κ3) is 3.60. The fraction of sp³-hybridized carbons (Fsp3) is 0.0714. The predicted octanol–water partition coefficient (Wildman–Crippen LogP) is 3.05. The normalized spacial score (nSPS) is 10.5. The lowest BCUT2D eigenvalue weighted by Gasteiger charge is -2.05. The van der Waals surface area contributed by atoms with Crippen molar-refractivity contribution in [2.24, 2.45) is 0 Å². The van der Waals surface area contributed by atoms with E-state index in [1.165, 1.54) is 0 Å². The Morgan fingerprint density at radius 1 is 1.33 bits per heavy atom. The molecule has 0 aliphatic heterocycles. The van der Waals surface area contributed by atoms with Gasteiger partial charge in [0.15, 0.2) is 10.8 Å². The van der Waals surface area contributed by atoms with Crippen LogP contribution in [-0.2, 0) is 0 Å². The Balaban J connectivity index is 2.46. The summed E-state index contributed by atoms with van der Waals surface area (Å²) in [5.41, 5.74) is 0.551. The van der Waals surface area contributed by atoms with Gasteiger partial charge >= 0.3 is 0 Å². The van der Waals surface area contributed by atoms with Crippen molar-refractivity contribution in [3.8, 4) is 11.8 Å². The first-order valence-corrected chi connectivity index (χ1v) is 6.82. The minimum atomic E-state index is -0.522. The topological polar surface area (TPSA) is 81.7 Å². The number of hydrogen-bond donors (Lipinski definition) is 2. The SMILES string of the molecule is N#Cc1c(/C=C/c2ccccc2OCCl)[nH]c(=S)[nH]c1=O. The molecule has 2 aromatic rings. The molecule has 106 valence electrons. The second-order valence-corrected chi connectivity index (χ2v) is 4.56. The van der Waals surface area contributed by atoms with Crippen LogP contribution in [0, 0.1) is 16.1 Å². The number of halogens is 1. The van der Waals surface area contributed by atoms with E-state index in [4.69, 9.17) is 33.8 Å². The molecule has 1 aromatic carbocycles. The Hall–Kier alpha value is -2.36. The van der Waals surface area contributed by atoms with E-state index in [2.05, 4.69) is 9.97 Å². The Morgan fingerprint density at radius 3 is 2.81 bits per heavy atom. The van der Waals surface area contributed by atoms with Crippen LogP contribution in [0.4, 0.5) is 0 Å². The van der Waals surface area contributed by atoms with E-state index in [1.807, 2.05) is 24.3 Å². The molecule has 0 amide bonds. The van der Waals surface area contributed by atoms with Gasteiger partial charge in [-0.25, -0.2) is 0 Å². The zero-order valence-corrected chi connectivity index (χ0v) is 12.3. The number of ether oxygens (including phenoxy) is 1. The quantitative estimate of drug-likeness (QED) is 0.670. The van der Waals surface area contributed by atoms with Crippen LogP contribution in [0.5, 0.6) is 5.75 Å². The van der Waals surface area contributed by atoms with Gasteiger partial charge in [-0.15, -0.1) is 0 Å². The summed E-state index contributed by atoms with van der Waals surface area (Å²) in [5, 5.41) is 9.03. The molecule has 1 aromatic heterocycles. The Labute approximate surface area is 130 Å². The first kappa shape index (κ1) is 15.0. The van der Waals surface area contributed by atoms with Gasteiger partial charge < -0.3 is 9.72 Å². The third-order valence-electron chi connectivity index (χ3n) is 2.64. The molecule has 0 unspecified atom stereocenters. The summed E-state index contributed by atoms with van der Waals surface area (Å²) >= 11 is 10.5. The fourth-order valence-corrected chi connectivity index (χ4v) is 2.04. The molecule has 0 saturated carbocycles. The van der Waals surface area contributed by atoms with E-state index < -0.39 is 5.56 Å². The third-order valence-corrected chi connectivity index (χ3v) is 2.96. The van der Waals surface area contributed by atoms with Gasteiger partial charge in [-0.05, 0) is 30.4 Å². The number of hydrogen-bond acceptors (Lipinski definition) is 4. The maximum Gasteiger partial charge on any atom is 0.270 e. The van der Waals surface area contributed by atoms with E-state index in [9.17, 15) is 4.79 Å². The summed E-state index contributed by atoms with van der Waals surface area (Å²) in [4.78, 5) is 16.8. The zero-order chi connectivity index (χ0) is 15.2. The number of nitriles is 1. The highest BCUT2D eigenvalue weighted by atomic mass is 35.5.